The molecule has 2 rings (SSSR count). The average molecular weight is 123 g/mol. The summed E-state index contributed by atoms with van der Waals surface area (Å²) in [6, 6.07) is 0.373. The quantitative estimate of drug-likeness (QED) is 0.465. The van der Waals surface area contributed by atoms with Crippen LogP contribution in [-0.2, 0) is 4.79 Å². The van der Waals surface area contributed by atoms with Gasteiger partial charge in [0.15, 0.2) is 0 Å². The Balaban J connectivity index is 2.17. The molecule has 0 unspecified atom stereocenters. The summed E-state index contributed by atoms with van der Waals surface area (Å²) >= 11 is 0. The maximum atomic E-state index is 10.7. The summed E-state index contributed by atoms with van der Waals surface area (Å²) in [5.74, 6) is 0.798. The van der Waals surface area contributed by atoms with Crippen molar-refractivity contribution in [3.8, 4) is 0 Å². The minimum absolute atomic E-state index is 0.217. The van der Waals surface area contributed by atoms with Gasteiger partial charge in [-0.3, -0.25) is 4.79 Å². The maximum Gasteiger partial charge on any atom is 0.220 e. The van der Waals surface area contributed by atoms with E-state index in [1.807, 2.05) is 0 Å². The highest BCUT2D eigenvalue weighted by Gasteiger charge is 2.32. The first-order valence-electron chi connectivity index (χ1n) is 3.32. The van der Waals surface area contributed by atoms with Gasteiger partial charge in [-0.2, -0.15) is 0 Å². The predicted molar refractivity (Wildman–Crippen MR) is 33.8 cm³/mol. The SMILES string of the molecule is O=C1C[C@@H]2CC=C[C@@H]2N1. The fourth-order valence-electron chi connectivity index (χ4n) is 1.56. The van der Waals surface area contributed by atoms with E-state index < -0.39 is 0 Å². The molecule has 1 saturated heterocycles. The second-order valence-corrected chi connectivity index (χ2v) is 2.72. The summed E-state index contributed by atoms with van der Waals surface area (Å²) in [6.07, 6.45) is 6.06. The molecular weight excluding hydrogens is 114 g/mol. The van der Waals surface area contributed by atoms with Gasteiger partial charge < -0.3 is 5.32 Å². The van der Waals surface area contributed by atoms with Gasteiger partial charge in [0.05, 0.1) is 6.04 Å². The molecule has 2 atom stereocenters. The number of allylic oxidation sites excluding steroid dienone is 1. The van der Waals surface area contributed by atoms with Crippen molar-refractivity contribution in [2.45, 2.75) is 18.9 Å². The summed E-state index contributed by atoms with van der Waals surface area (Å²) in [6.45, 7) is 0. The van der Waals surface area contributed by atoms with E-state index in [0.29, 0.717) is 12.0 Å². The third-order valence-corrected chi connectivity index (χ3v) is 2.07. The van der Waals surface area contributed by atoms with Gasteiger partial charge >= 0.3 is 0 Å². The molecule has 1 fully saturated rings. The first-order chi connectivity index (χ1) is 4.36. The topological polar surface area (TPSA) is 29.1 Å². The number of nitrogens with one attached hydrogen (secondary N) is 1. The number of fused-ring (bicyclic) bond motifs is 1. The Labute approximate surface area is 53.9 Å². The molecule has 2 nitrogen and oxygen atoms in total. The van der Waals surface area contributed by atoms with Crippen LogP contribution in [0.4, 0.5) is 0 Å². The molecule has 2 aliphatic rings. The number of carbonyl (C=O) groups excluding carboxylic acids is 1. The lowest BCUT2D eigenvalue weighted by Gasteiger charge is -2.03. The molecule has 2 heteroatoms. The van der Waals surface area contributed by atoms with Crippen molar-refractivity contribution in [3.63, 3.8) is 0 Å². The van der Waals surface area contributed by atoms with Crippen LogP contribution in [0.3, 0.4) is 0 Å². The third-order valence-electron chi connectivity index (χ3n) is 2.07. The first-order valence-corrected chi connectivity index (χ1v) is 3.32. The van der Waals surface area contributed by atoms with Crippen molar-refractivity contribution in [3.05, 3.63) is 12.2 Å². The molecule has 0 radical (unpaired) electrons. The monoisotopic (exact) mass is 123 g/mol. The van der Waals surface area contributed by atoms with Crippen molar-refractivity contribution in [2.75, 3.05) is 0 Å². The largest absolute Gasteiger partial charge is 0.350 e. The molecule has 0 bridgehead atoms. The minimum Gasteiger partial charge on any atom is -0.350 e. The lowest BCUT2D eigenvalue weighted by Crippen LogP contribution is -2.24. The number of carbonyl (C=O) groups is 1. The van der Waals surface area contributed by atoms with Crippen molar-refractivity contribution in [1.29, 1.82) is 0 Å². The number of hydrogen-bond donors (Lipinski definition) is 1. The molecule has 0 aromatic rings. The van der Waals surface area contributed by atoms with E-state index in [1.54, 1.807) is 0 Å². The Bertz CT molecular complexity index is 174. The first kappa shape index (κ1) is 5.03. The number of rotatable bonds is 0. The highest BCUT2D eigenvalue weighted by Crippen LogP contribution is 2.26. The van der Waals surface area contributed by atoms with E-state index in [9.17, 15) is 4.79 Å². The fourth-order valence-corrected chi connectivity index (χ4v) is 1.56. The van der Waals surface area contributed by atoms with Gasteiger partial charge in [-0.1, -0.05) is 12.2 Å². The van der Waals surface area contributed by atoms with E-state index >= 15 is 0 Å². The van der Waals surface area contributed by atoms with Gasteiger partial charge in [-0.15, -0.1) is 0 Å². The molecule has 0 spiro atoms. The summed E-state index contributed by atoms with van der Waals surface area (Å²) in [5, 5.41) is 2.89. The van der Waals surface area contributed by atoms with Crippen LogP contribution >= 0.6 is 0 Å². The van der Waals surface area contributed by atoms with Crippen LogP contribution in [-0.4, -0.2) is 11.9 Å². The van der Waals surface area contributed by atoms with Crippen LogP contribution in [0, 0.1) is 5.92 Å². The van der Waals surface area contributed by atoms with E-state index in [1.165, 1.54) is 0 Å². The highest BCUT2D eigenvalue weighted by molar-refractivity contribution is 5.79. The summed E-state index contributed by atoms with van der Waals surface area (Å²) < 4.78 is 0. The zero-order chi connectivity index (χ0) is 6.27. The summed E-state index contributed by atoms with van der Waals surface area (Å²) in [7, 11) is 0. The van der Waals surface area contributed by atoms with Gasteiger partial charge in [0, 0.05) is 6.42 Å². The summed E-state index contributed by atoms with van der Waals surface area (Å²) in [4.78, 5) is 10.7. The smallest absolute Gasteiger partial charge is 0.220 e. The molecule has 1 N–H and O–H groups in total. The molecule has 0 aromatic heterocycles. The van der Waals surface area contributed by atoms with E-state index in [-0.39, 0.29) is 5.91 Å². The normalized spacial score (nSPS) is 38.9. The molecular formula is C7H9NO. The van der Waals surface area contributed by atoms with Crippen molar-refractivity contribution in [1.82, 2.24) is 5.32 Å². The lowest BCUT2D eigenvalue weighted by atomic mass is 10.0. The van der Waals surface area contributed by atoms with Crippen LogP contribution in [0.25, 0.3) is 0 Å². The Kier molecular flexibility index (Phi) is 0.891. The molecule has 9 heavy (non-hydrogen) atoms. The third kappa shape index (κ3) is 0.661. The Morgan fingerprint density at radius 2 is 2.56 bits per heavy atom. The molecule has 0 saturated carbocycles. The van der Waals surface area contributed by atoms with E-state index in [0.717, 1.165) is 12.8 Å². The minimum atomic E-state index is 0.217. The number of amides is 1. The van der Waals surface area contributed by atoms with Crippen LogP contribution in [0.1, 0.15) is 12.8 Å². The molecule has 1 amide bonds. The van der Waals surface area contributed by atoms with Crippen molar-refractivity contribution in [2.24, 2.45) is 5.92 Å². The number of hydrogen-bond acceptors (Lipinski definition) is 1. The van der Waals surface area contributed by atoms with Crippen molar-refractivity contribution >= 4 is 5.91 Å². The van der Waals surface area contributed by atoms with Crippen LogP contribution in [0.2, 0.25) is 0 Å². The highest BCUT2D eigenvalue weighted by atomic mass is 16.1. The van der Waals surface area contributed by atoms with E-state index in [4.69, 9.17) is 0 Å². The maximum absolute atomic E-state index is 10.7. The Morgan fingerprint density at radius 3 is 3.33 bits per heavy atom. The Morgan fingerprint density at radius 1 is 1.67 bits per heavy atom. The van der Waals surface area contributed by atoms with Gasteiger partial charge in [0.25, 0.3) is 0 Å². The van der Waals surface area contributed by atoms with Crippen LogP contribution in [0.15, 0.2) is 12.2 Å². The van der Waals surface area contributed by atoms with Crippen molar-refractivity contribution < 1.29 is 4.79 Å². The van der Waals surface area contributed by atoms with Crippen LogP contribution in [0.5, 0.6) is 0 Å². The zero-order valence-electron chi connectivity index (χ0n) is 5.13. The second-order valence-electron chi connectivity index (χ2n) is 2.72. The van der Waals surface area contributed by atoms with Crippen LogP contribution < -0.4 is 5.32 Å². The summed E-state index contributed by atoms with van der Waals surface area (Å²) in [5.41, 5.74) is 0. The van der Waals surface area contributed by atoms with Gasteiger partial charge in [0.1, 0.15) is 0 Å². The average Bonchev–Trinajstić information content (AvgIpc) is 2.22. The molecule has 0 aromatic carbocycles. The van der Waals surface area contributed by atoms with Gasteiger partial charge in [-0.05, 0) is 12.3 Å². The Hall–Kier alpha value is -0.790. The zero-order valence-corrected chi connectivity index (χ0v) is 5.13. The molecule has 1 aliphatic heterocycles. The van der Waals surface area contributed by atoms with Gasteiger partial charge in [-0.25, -0.2) is 0 Å². The molecule has 48 valence electrons. The predicted octanol–water partition coefficient (Wildman–Crippen LogP) is 0.451. The molecule has 1 aliphatic carbocycles. The second kappa shape index (κ2) is 1.59. The lowest BCUT2D eigenvalue weighted by molar-refractivity contribution is -0.119. The standard InChI is InChI=1S/C7H9NO/c9-7-4-5-2-1-3-6(5)8-7/h1,3,5-6H,2,4H2,(H,8,9)/t5-,6-/m0/s1. The van der Waals surface area contributed by atoms with Gasteiger partial charge in [0.2, 0.25) is 5.91 Å². The van der Waals surface area contributed by atoms with E-state index in [2.05, 4.69) is 17.5 Å². The molecule has 1 heterocycles. The fraction of sp³-hybridized carbons (Fsp3) is 0.571.